The van der Waals surface area contributed by atoms with Gasteiger partial charge in [0.15, 0.2) is 0 Å². The fourth-order valence-electron chi connectivity index (χ4n) is 2.17. The van der Waals surface area contributed by atoms with Gasteiger partial charge in [-0.2, -0.15) is 0 Å². The average molecular weight is 339 g/mol. The van der Waals surface area contributed by atoms with Crippen molar-refractivity contribution in [1.29, 1.82) is 0 Å². The minimum absolute atomic E-state index is 0.357. The van der Waals surface area contributed by atoms with Crippen molar-refractivity contribution in [1.82, 2.24) is 5.43 Å². The van der Waals surface area contributed by atoms with Gasteiger partial charge in [0.25, 0.3) is 0 Å². The first-order chi connectivity index (χ1) is 9.55. The Bertz CT molecular complexity index is 599. The predicted octanol–water partition coefficient (Wildman–Crippen LogP) is 3.46. The van der Waals surface area contributed by atoms with Gasteiger partial charge in [0.1, 0.15) is 11.6 Å². The second-order valence-corrected chi connectivity index (χ2v) is 5.46. The maximum Gasteiger partial charge on any atom is 0.132 e. The summed E-state index contributed by atoms with van der Waals surface area (Å²) < 4.78 is 20.1. The number of nitrogens with one attached hydrogen (secondary N) is 1. The molecule has 1 unspecified atom stereocenters. The first kappa shape index (κ1) is 15.0. The number of hydrogen-bond acceptors (Lipinski definition) is 3. The summed E-state index contributed by atoms with van der Waals surface area (Å²) >= 11 is 3.44. The fraction of sp³-hybridized carbons (Fsp3) is 0.200. The molecule has 3 N–H and O–H groups in total. The van der Waals surface area contributed by atoms with Crippen LogP contribution in [-0.2, 0) is 0 Å². The zero-order valence-corrected chi connectivity index (χ0v) is 12.9. The Labute approximate surface area is 126 Å². The molecule has 0 amide bonds. The molecular formula is C15H16BrFN2O. The summed E-state index contributed by atoms with van der Waals surface area (Å²) in [5.41, 5.74) is 5.11. The highest BCUT2D eigenvalue weighted by atomic mass is 79.9. The van der Waals surface area contributed by atoms with Crippen molar-refractivity contribution in [3.8, 4) is 5.75 Å². The lowest BCUT2D eigenvalue weighted by Crippen LogP contribution is -2.29. The van der Waals surface area contributed by atoms with Crippen LogP contribution in [0, 0.1) is 12.7 Å². The maximum atomic E-state index is 14.2. The quantitative estimate of drug-likeness (QED) is 0.663. The molecule has 0 aliphatic heterocycles. The van der Waals surface area contributed by atoms with Gasteiger partial charge in [0.2, 0.25) is 0 Å². The highest BCUT2D eigenvalue weighted by Gasteiger charge is 2.17. The van der Waals surface area contributed by atoms with E-state index in [4.69, 9.17) is 10.6 Å². The van der Waals surface area contributed by atoms with Crippen LogP contribution in [-0.4, -0.2) is 7.11 Å². The molecule has 3 nitrogen and oxygen atoms in total. The minimum atomic E-state index is -0.419. The molecule has 2 rings (SSSR count). The smallest absolute Gasteiger partial charge is 0.132 e. The lowest BCUT2D eigenvalue weighted by molar-refractivity contribution is 0.410. The van der Waals surface area contributed by atoms with E-state index in [1.807, 2.05) is 25.1 Å². The fourth-order valence-corrected chi connectivity index (χ4v) is 2.79. The van der Waals surface area contributed by atoms with E-state index in [9.17, 15) is 4.39 Å². The molecule has 2 aromatic carbocycles. The molecule has 0 aliphatic carbocycles. The number of hydrogen-bond donors (Lipinski definition) is 2. The highest BCUT2D eigenvalue weighted by Crippen LogP contribution is 2.28. The molecule has 0 saturated carbocycles. The molecule has 1 atom stereocenters. The first-order valence-electron chi connectivity index (χ1n) is 6.12. The summed E-state index contributed by atoms with van der Waals surface area (Å²) in [5, 5.41) is 0. The Hall–Kier alpha value is -1.43. The van der Waals surface area contributed by atoms with Gasteiger partial charge in [-0.25, -0.2) is 9.82 Å². The molecule has 5 heteroatoms. The third-order valence-corrected chi connectivity index (χ3v) is 3.54. The molecule has 0 aromatic heterocycles. The lowest BCUT2D eigenvalue weighted by Gasteiger charge is -2.19. The number of ether oxygens (including phenoxy) is 1. The summed E-state index contributed by atoms with van der Waals surface area (Å²) in [5.74, 6) is 5.74. The van der Waals surface area contributed by atoms with Crippen LogP contribution in [0.15, 0.2) is 40.9 Å². The van der Waals surface area contributed by atoms with Crippen LogP contribution in [0.5, 0.6) is 5.75 Å². The topological polar surface area (TPSA) is 47.3 Å². The number of methoxy groups -OCH3 is 1. The van der Waals surface area contributed by atoms with Gasteiger partial charge in [0, 0.05) is 16.1 Å². The number of aryl methyl sites for hydroxylation is 1. The molecule has 0 fully saturated rings. The molecule has 2 aromatic rings. The maximum absolute atomic E-state index is 14.2. The van der Waals surface area contributed by atoms with E-state index in [0.717, 1.165) is 15.6 Å². The summed E-state index contributed by atoms with van der Waals surface area (Å²) in [6.07, 6.45) is 0. The molecule has 0 saturated heterocycles. The third-order valence-electron chi connectivity index (χ3n) is 3.08. The zero-order valence-electron chi connectivity index (χ0n) is 11.3. The van der Waals surface area contributed by atoms with Crippen molar-refractivity contribution in [2.75, 3.05) is 7.11 Å². The van der Waals surface area contributed by atoms with Crippen LogP contribution in [0.3, 0.4) is 0 Å². The van der Waals surface area contributed by atoms with E-state index in [1.165, 1.54) is 13.2 Å². The summed E-state index contributed by atoms with van der Waals surface area (Å²) in [6.45, 7) is 1.98. The van der Waals surface area contributed by atoms with Gasteiger partial charge in [-0.3, -0.25) is 5.84 Å². The minimum Gasteiger partial charge on any atom is -0.497 e. The Morgan fingerprint density at radius 1 is 1.25 bits per heavy atom. The summed E-state index contributed by atoms with van der Waals surface area (Å²) in [7, 11) is 1.50. The van der Waals surface area contributed by atoms with Gasteiger partial charge < -0.3 is 4.74 Å². The van der Waals surface area contributed by atoms with Crippen molar-refractivity contribution in [3.05, 3.63) is 63.4 Å². The van der Waals surface area contributed by atoms with Crippen molar-refractivity contribution >= 4 is 15.9 Å². The normalized spacial score (nSPS) is 12.2. The van der Waals surface area contributed by atoms with E-state index < -0.39 is 6.04 Å². The van der Waals surface area contributed by atoms with Crippen molar-refractivity contribution in [2.45, 2.75) is 13.0 Å². The molecule has 0 spiro atoms. The largest absolute Gasteiger partial charge is 0.497 e. The van der Waals surface area contributed by atoms with Gasteiger partial charge in [-0.15, -0.1) is 0 Å². The average Bonchev–Trinajstić information content (AvgIpc) is 2.40. The van der Waals surface area contributed by atoms with Crippen LogP contribution in [0.1, 0.15) is 22.7 Å². The van der Waals surface area contributed by atoms with Crippen LogP contribution in [0.2, 0.25) is 0 Å². The number of hydrazine groups is 1. The van der Waals surface area contributed by atoms with Crippen LogP contribution in [0.4, 0.5) is 4.39 Å². The molecule has 106 valence electrons. The van der Waals surface area contributed by atoms with Gasteiger partial charge >= 0.3 is 0 Å². The third kappa shape index (κ3) is 3.17. The standard InChI is InChI=1S/C15H16BrFN2O/c1-9-5-10(7-11(16)6-9)15(19-18)13-4-3-12(20-2)8-14(13)17/h3-8,15,19H,18H2,1-2H3. The van der Waals surface area contributed by atoms with Crippen LogP contribution in [0.25, 0.3) is 0 Å². The van der Waals surface area contributed by atoms with E-state index in [2.05, 4.69) is 21.4 Å². The SMILES string of the molecule is COc1ccc(C(NN)c2cc(C)cc(Br)c2)c(F)c1. The Morgan fingerprint density at radius 2 is 2.00 bits per heavy atom. The van der Waals surface area contributed by atoms with Gasteiger partial charge in [-0.1, -0.05) is 28.1 Å². The van der Waals surface area contributed by atoms with E-state index in [1.54, 1.807) is 12.1 Å². The lowest BCUT2D eigenvalue weighted by atomic mass is 9.97. The summed E-state index contributed by atoms with van der Waals surface area (Å²) in [4.78, 5) is 0. The van der Waals surface area contributed by atoms with Gasteiger partial charge in [-0.05, 0) is 36.2 Å². The molecule has 0 bridgehead atoms. The van der Waals surface area contributed by atoms with E-state index >= 15 is 0 Å². The zero-order chi connectivity index (χ0) is 14.7. The summed E-state index contributed by atoms with van der Waals surface area (Å²) in [6, 6.07) is 10.2. The first-order valence-corrected chi connectivity index (χ1v) is 6.91. The molecule has 0 aliphatic rings. The monoisotopic (exact) mass is 338 g/mol. The van der Waals surface area contributed by atoms with Crippen molar-refractivity contribution in [3.63, 3.8) is 0 Å². The second kappa shape index (κ2) is 6.35. The second-order valence-electron chi connectivity index (χ2n) is 4.55. The van der Waals surface area contributed by atoms with Crippen molar-refractivity contribution < 1.29 is 9.13 Å². The van der Waals surface area contributed by atoms with Gasteiger partial charge in [0.05, 0.1) is 13.2 Å². The predicted molar refractivity (Wildman–Crippen MR) is 81.0 cm³/mol. The number of nitrogens with two attached hydrogens (primary N) is 1. The molecular weight excluding hydrogens is 323 g/mol. The number of benzene rings is 2. The molecule has 20 heavy (non-hydrogen) atoms. The van der Waals surface area contributed by atoms with Crippen molar-refractivity contribution in [2.24, 2.45) is 5.84 Å². The molecule has 0 radical (unpaired) electrons. The Kier molecular flexibility index (Phi) is 4.75. The van der Waals surface area contributed by atoms with Crippen LogP contribution < -0.4 is 16.0 Å². The Balaban J connectivity index is 2.46. The molecule has 0 heterocycles. The number of rotatable bonds is 4. The number of halogens is 2. The van der Waals surface area contributed by atoms with E-state index in [0.29, 0.717) is 11.3 Å². The van der Waals surface area contributed by atoms with E-state index in [-0.39, 0.29) is 5.82 Å². The van der Waals surface area contributed by atoms with Crippen LogP contribution >= 0.6 is 15.9 Å². The Morgan fingerprint density at radius 3 is 2.55 bits per heavy atom. The highest BCUT2D eigenvalue weighted by molar-refractivity contribution is 9.10.